The molecule has 1 aromatic carbocycles. The number of amides is 1. The van der Waals surface area contributed by atoms with E-state index in [1.807, 2.05) is 37.3 Å². The Balaban J connectivity index is 2.52. The highest BCUT2D eigenvalue weighted by atomic mass is 16.5. The quantitative estimate of drug-likeness (QED) is 0.744. The molecule has 114 valence electrons. The molecule has 0 aliphatic carbocycles. The average molecular weight is 289 g/mol. The van der Waals surface area contributed by atoms with Crippen molar-refractivity contribution >= 4 is 18.0 Å². The zero-order chi connectivity index (χ0) is 15.5. The molecule has 1 rings (SSSR count). The van der Waals surface area contributed by atoms with Crippen LogP contribution in [-0.4, -0.2) is 24.5 Å². The van der Waals surface area contributed by atoms with Gasteiger partial charge in [0.1, 0.15) is 0 Å². The van der Waals surface area contributed by atoms with E-state index >= 15 is 0 Å². The summed E-state index contributed by atoms with van der Waals surface area (Å²) in [5, 5.41) is 2.73. The Morgan fingerprint density at radius 2 is 1.95 bits per heavy atom. The molecular weight excluding hydrogens is 266 g/mol. The minimum atomic E-state index is -0.462. The number of alkyl carbamates (subject to hydrolysis) is 1. The maximum absolute atomic E-state index is 12.0. The third-order valence-electron chi connectivity index (χ3n) is 2.94. The lowest BCUT2D eigenvalue weighted by atomic mass is 10.0. The summed E-state index contributed by atoms with van der Waals surface area (Å²) in [6.07, 6.45) is 4.82. The highest BCUT2D eigenvalue weighted by Crippen LogP contribution is 2.06. The van der Waals surface area contributed by atoms with Crippen LogP contribution in [0.25, 0.3) is 6.08 Å². The SMILES string of the molecule is CCCC(CC(=O)/C=C/c1ccccc1)NC(=O)OCC. The number of ether oxygens (including phenoxy) is 1. The topological polar surface area (TPSA) is 55.4 Å². The van der Waals surface area contributed by atoms with Gasteiger partial charge >= 0.3 is 6.09 Å². The fourth-order valence-corrected chi connectivity index (χ4v) is 1.98. The first kappa shape index (κ1) is 17.0. The Morgan fingerprint density at radius 3 is 2.57 bits per heavy atom. The molecule has 4 heteroatoms. The van der Waals surface area contributed by atoms with E-state index < -0.39 is 6.09 Å². The zero-order valence-electron chi connectivity index (χ0n) is 12.7. The van der Waals surface area contributed by atoms with E-state index in [9.17, 15) is 9.59 Å². The Hall–Kier alpha value is -2.10. The van der Waals surface area contributed by atoms with Crippen molar-refractivity contribution in [3.8, 4) is 0 Å². The number of carbonyl (C=O) groups excluding carboxylic acids is 2. The lowest BCUT2D eigenvalue weighted by molar-refractivity contribution is -0.115. The van der Waals surface area contributed by atoms with Crippen LogP contribution in [0.5, 0.6) is 0 Å². The van der Waals surface area contributed by atoms with Crippen LogP contribution in [0.15, 0.2) is 36.4 Å². The summed E-state index contributed by atoms with van der Waals surface area (Å²) < 4.78 is 4.85. The number of hydrogen-bond acceptors (Lipinski definition) is 3. The molecule has 0 radical (unpaired) electrons. The summed E-state index contributed by atoms with van der Waals surface area (Å²) in [7, 11) is 0. The predicted molar refractivity (Wildman–Crippen MR) is 84.0 cm³/mol. The van der Waals surface area contributed by atoms with Gasteiger partial charge in [-0.2, -0.15) is 0 Å². The van der Waals surface area contributed by atoms with Crippen molar-refractivity contribution in [3.05, 3.63) is 42.0 Å². The Labute approximate surface area is 126 Å². The molecule has 1 aromatic rings. The highest BCUT2D eigenvalue weighted by molar-refractivity contribution is 5.94. The van der Waals surface area contributed by atoms with E-state index in [4.69, 9.17) is 4.74 Å². The molecule has 1 unspecified atom stereocenters. The normalized spacial score (nSPS) is 12.1. The van der Waals surface area contributed by atoms with Gasteiger partial charge in [-0.05, 0) is 25.0 Å². The molecule has 0 spiro atoms. The zero-order valence-corrected chi connectivity index (χ0v) is 12.7. The molecule has 0 fully saturated rings. The van der Waals surface area contributed by atoms with Gasteiger partial charge in [-0.15, -0.1) is 0 Å². The Kier molecular flexibility index (Phi) is 7.87. The third kappa shape index (κ3) is 7.30. The molecule has 1 atom stereocenters. The first-order chi connectivity index (χ1) is 10.2. The number of nitrogens with one attached hydrogen (secondary N) is 1. The molecule has 0 bridgehead atoms. The predicted octanol–water partition coefficient (Wildman–Crippen LogP) is 3.57. The highest BCUT2D eigenvalue weighted by Gasteiger charge is 2.14. The first-order valence-corrected chi connectivity index (χ1v) is 7.35. The van der Waals surface area contributed by atoms with Gasteiger partial charge in [-0.3, -0.25) is 4.79 Å². The number of hydrogen-bond donors (Lipinski definition) is 1. The summed E-state index contributed by atoms with van der Waals surface area (Å²) in [6, 6.07) is 9.47. The molecule has 1 amide bonds. The van der Waals surface area contributed by atoms with E-state index in [-0.39, 0.29) is 18.2 Å². The molecule has 0 aliphatic heterocycles. The molecule has 1 N–H and O–H groups in total. The van der Waals surface area contributed by atoms with Gasteiger partial charge in [0.15, 0.2) is 5.78 Å². The van der Waals surface area contributed by atoms with Crippen LogP contribution in [0.2, 0.25) is 0 Å². The first-order valence-electron chi connectivity index (χ1n) is 7.35. The number of allylic oxidation sites excluding steroid dienone is 1. The Morgan fingerprint density at radius 1 is 1.24 bits per heavy atom. The molecule has 21 heavy (non-hydrogen) atoms. The Bertz CT molecular complexity index is 468. The van der Waals surface area contributed by atoms with Crippen molar-refractivity contribution in [3.63, 3.8) is 0 Å². The van der Waals surface area contributed by atoms with Crippen molar-refractivity contribution in [2.24, 2.45) is 0 Å². The smallest absolute Gasteiger partial charge is 0.407 e. The summed E-state index contributed by atoms with van der Waals surface area (Å²) in [6.45, 7) is 4.10. The maximum atomic E-state index is 12.0. The van der Waals surface area contributed by atoms with Crippen LogP contribution >= 0.6 is 0 Å². The minimum absolute atomic E-state index is 0.00546. The van der Waals surface area contributed by atoms with Crippen molar-refractivity contribution in [1.82, 2.24) is 5.32 Å². The summed E-state index contributed by atoms with van der Waals surface area (Å²) in [5.41, 5.74) is 0.983. The number of rotatable bonds is 8. The number of carbonyl (C=O) groups is 2. The van der Waals surface area contributed by atoms with Crippen molar-refractivity contribution in [1.29, 1.82) is 0 Å². The number of ketones is 1. The third-order valence-corrected chi connectivity index (χ3v) is 2.94. The van der Waals surface area contributed by atoms with Crippen molar-refractivity contribution in [2.45, 2.75) is 39.2 Å². The van der Waals surface area contributed by atoms with E-state index in [0.717, 1.165) is 18.4 Å². The standard InChI is InChI=1S/C17H23NO3/c1-3-8-15(18-17(20)21-4-2)13-16(19)12-11-14-9-6-5-7-10-14/h5-7,9-12,15H,3-4,8,13H2,1-2H3,(H,18,20)/b12-11+. The van der Waals surface area contributed by atoms with Crippen LogP contribution < -0.4 is 5.32 Å². The monoisotopic (exact) mass is 289 g/mol. The van der Waals surface area contributed by atoms with Gasteiger partial charge in [0.05, 0.1) is 6.61 Å². The van der Waals surface area contributed by atoms with Gasteiger partial charge in [0.25, 0.3) is 0 Å². The largest absolute Gasteiger partial charge is 0.450 e. The van der Waals surface area contributed by atoms with E-state index in [0.29, 0.717) is 6.61 Å². The lowest BCUT2D eigenvalue weighted by Crippen LogP contribution is -2.36. The van der Waals surface area contributed by atoms with Gasteiger partial charge in [0, 0.05) is 12.5 Å². The van der Waals surface area contributed by atoms with E-state index in [1.165, 1.54) is 0 Å². The van der Waals surface area contributed by atoms with Crippen LogP contribution in [0.4, 0.5) is 4.79 Å². The molecule has 0 aliphatic rings. The van der Waals surface area contributed by atoms with Crippen molar-refractivity contribution in [2.75, 3.05) is 6.61 Å². The van der Waals surface area contributed by atoms with Crippen LogP contribution in [-0.2, 0) is 9.53 Å². The molecule has 0 saturated heterocycles. The van der Waals surface area contributed by atoms with E-state index in [1.54, 1.807) is 19.1 Å². The second kappa shape index (κ2) is 9.75. The fraction of sp³-hybridized carbons (Fsp3) is 0.412. The molecule has 0 aromatic heterocycles. The molecule has 0 saturated carbocycles. The molecule has 4 nitrogen and oxygen atoms in total. The van der Waals surface area contributed by atoms with Crippen LogP contribution in [0.1, 0.15) is 38.7 Å². The van der Waals surface area contributed by atoms with E-state index in [2.05, 4.69) is 5.32 Å². The molecule has 0 heterocycles. The maximum Gasteiger partial charge on any atom is 0.407 e. The van der Waals surface area contributed by atoms with Crippen molar-refractivity contribution < 1.29 is 14.3 Å². The average Bonchev–Trinajstić information content (AvgIpc) is 2.46. The summed E-state index contributed by atoms with van der Waals surface area (Å²) >= 11 is 0. The second-order valence-corrected chi connectivity index (χ2v) is 4.76. The van der Waals surface area contributed by atoms with Gasteiger partial charge < -0.3 is 10.1 Å². The van der Waals surface area contributed by atoms with Crippen LogP contribution in [0, 0.1) is 0 Å². The molecular formula is C17H23NO3. The van der Waals surface area contributed by atoms with Gasteiger partial charge in [0.2, 0.25) is 0 Å². The minimum Gasteiger partial charge on any atom is -0.450 e. The van der Waals surface area contributed by atoms with Crippen LogP contribution in [0.3, 0.4) is 0 Å². The van der Waals surface area contributed by atoms with Gasteiger partial charge in [-0.1, -0.05) is 49.8 Å². The van der Waals surface area contributed by atoms with Gasteiger partial charge in [-0.25, -0.2) is 4.79 Å². The summed E-state index contributed by atoms with van der Waals surface area (Å²) in [4.78, 5) is 23.4. The fourth-order valence-electron chi connectivity index (χ4n) is 1.98. The second-order valence-electron chi connectivity index (χ2n) is 4.76. The number of benzene rings is 1. The lowest BCUT2D eigenvalue weighted by Gasteiger charge is -2.16. The summed E-state index contributed by atoms with van der Waals surface area (Å²) in [5.74, 6) is -0.00546.